The second kappa shape index (κ2) is 37.5. The lowest BCUT2D eigenvalue weighted by atomic mass is 9.98. The summed E-state index contributed by atoms with van der Waals surface area (Å²) in [5.41, 5.74) is 4.79. The molecule has 0 bridgehead atoms. The Labute approximate surface area is 362 Å². The summed E-state index contributed by atoms with van der Waals surface area (Å²) in [7, 11) is 1.71. The van der Waals surface area contributed by atoms with E-state index in [2.05, 4.69) is 30.8 Å². The molecule has 0 radical (unpaired) electrons. The third kappa shape index (κ3) is 25.6. The van der Waals surface area contributed by atoms with Crippen LogP contribution in [0.1, 0.15) is 17.0 Å². The number of carbonyl (C=O) groups excluding carboxylic acids is 1. The average molecular weight is 866 g/mol. The Hall–Kier alpha value is -3.07. The van der Waals surface area contributed by atoms with Crippen LogP contribution in [0, 0.1) is 0 Å². The van der Waals surface area contributed by atoms with Gasteiger partial charge in [-0.15, -0.1) is 6.58 Å². The Morgan fingerprint density at radius 3 is 1.05 bits per heavy atom. The van der Waals surface area contributed by atoms with Gasteiger partial charge in [0.25, 0.3) is 0 Å². The lowest BCUT2D eigenvalue weighted by molar-refractivity contribution is -0.0289. The molecule has 0 aromatic heterocycles. The van der Waals surface area contributed by atoms with Crippen LogP contribution in [0.25, 0.3) is 11.1 Å². The minimum atomic E-state index is -0.366. The van der Waals surface area contributed by atoms with Crippen LogP contribution in [0.4, 0.5) is 4.79 Å². The van der Waals surface area contributed by atoms with E-state index in [9.17, 15) is 4.79 Å². The molecule has 2 aromatic carbocycles. The zero-order valence-corrected chi connectivity index (χ0v) is 36.4. The molecule has 16 nitrogen and oxygen atoms in total. The van der Waals surface area contributed by atoms with Crippen molar-refractivity contribution in [3.63, 3.8) is 0 Å². The molecule has 2 aromatic rings. The summed E-state index contributed by atoms with van der Waals surface area (Å²) in [6.45, 7) is 17.1. The number of rotatable bonds is 43. The molecule has 61 heavy (non-hydrogen) atoms. The third-order valence-corrected chi connectivity index (χ3v) is 8.92. The second-order valence-corrected chi connectivity index (χ2v) is 13.4. The van der Waals surface area contributed by atoms with Gasteiger partial charge in [0.2, 0.25) is 0 Å². The van der Waals surface area contributed by atoms with E-state index < -0.39 is 0 Å². The monoisotopic (exact) mass is 865 g/mol. The quantitative estimate of drug-likeness (QED) is 0.0690. The van der Waals surface area contributed by atoms with Crippen molar-refractivity contribution in [1.29, 1.82) is 0 Å². The maximum absolute atomic E-state index is 12.6. The summed E-state index contributed by atoms with van der Waals surface area (Å²) in [5.74, 6) is 0.0355. The summed E-state index contributed by atoms with van der Waals surface area (Å²) in [6, 6.07) is 16.6. The molecule has 3 rings (SSSR count). The van der Waals surface area contributed by atoms with Crippen LogP contribution in [0.2, 0.25) is 0 Å². The number of fused-ring (bicyclic) bond motifs is 3. The van der Waals surface area contributed by atoms with Gasteiger partial charge in [-0.1, -0.05) is 54.6 Å². The molecule has 0 saturated heterocycles. The Morgan fingerprint density at radius 2 is 0.738 bits per heavy atom. The van der Waals surface area contributed by atoms with Gasteiger partial charge in [-0.05, 0) is 22.3 Å². The van der Waals surface area contributed by atoms with E-state index in [0.29, 0.717) is 185 Å². The lowest BCUT2D eigenvalue weighted by Gasteiger charge is -2.19. The van der Waals surface area contributed by atoms with Gasteiger partial charge in [0, 0.05) is 19.5 Å². The van der Waals surface area contributed by atoms with E-state index in [1.807, 2.05) is 24.3 Å². The van der Waals surface area contributed by atoms with Crippen LogP contribution in [0.3, 0.4) is 0 Å². The number of nitrogens with zero attached hydrogens (tertiary/aromatic N) is 1. The number of benzene rings is 2. The number of hydrogen-bond acceptors (Lipinski definition) is 15. The maximum atomic E-state index is 12.6. The van der Waals surface area contributed by atoms with Gasteiger partial charge >= 0.3 is 6.09 Å². The Balaban J connectivity index is 0.936. The standard InChI is InChI=1S/C45H71NO15/c1-3-13-48-15-17-50-19-21-52-23-25-54-27-29-56-31-33-58-35-37-60-38-36-59-34-32-57-30-28-55-26-24-53-22-20-51-18-16-49-14-12-46(2)45(47)61-39-44-42-10-6-4-8-40(42)41-9-5-7-11-43(41)44/h3-11,44H,1,12-39H2,2H3. The molecule has 0 saturated carbocycles. The number of likely N-dealkylation sites (N-methyl/N-ethyl adjacent to an activating group) is 1. The first kappa shape index (κ1) is 52.3. The van der Waals surface area contributed by atoms with Crippen molar-refractivity contribution in [1.82, 2.24) is 4.90 Å². The largest absolute Gasteiger partial charge is 0.448 e. The first-order valence-electron chi connectivity index (χ1n) is 21.4. The van der Waals surface area contributed by atoms with Gasteiger partial charge in [0.05, 0.1) is 172 Å². The number of amides is 1. The van der Waals surface area contributed by atoms with Crippen molar-refractivity contribution in [2.75, 3.05) is 192 Å². The molecule has 0 heterocycles. The minimum Gasteiger partial charge on any atom is -0.448 e. The van der Waals surface area contributed by atoms with Crippen LogP contribution in [0.15, 0.2) is 61.2 Å². The smallest absolute Gasteiger partial charge is 0.409 e. The molecule has 1 aliphatic carbocycles. The van der Waals surface area contributed by atoms with E-state index >= 15 is 0 Å². The normalized spacial score (nSPS) is 12.1. The summed E-state index contributed by atoms with van der Waals surface area (Å²) in [5, 5.41) is 0. The van der Waals surface area contributed by atoms with Crippen molar-refractivity contribution in [3.8, 4) is 11.1 Å². The fraction of sp³-hybridized carbons (Fsp3) is 0.667. The van der Waals surface area contributed by atoms with Crippen LogP contribution < -0.4 is 0 Å². The Morgan fingerprint density at radius 1 is 0.459 bits per heavy atom. The van der Waals surface area contributed by atoms with Gasteiger partial charge < -0.3 is 71.2 Å². The lowest BCUT2D eigenvalue weighted by Crippen LogP contribution is -2.32. The number of hydrogen-bond donors (Lipinski definition) is 0. The molecule has 0 fully saturated rings. The molecule has 0 N–H and O–H groups in total. The van der Waals surface area contributed by atoms with Crippen molar-refractivity contribution in [2.45, 2.75) is 5.92 Å². The number of carbonyl (C=O) groups is 1. The number of ether oxygens (including phenoxy) is 14. The summed E-state index contributed by atoms with van der Waals surface area (Å²) in [6.07, 6.45) is 1.34. The highest BCUT2D eigenvalue weighted by atomic mass is 16.6. The molecular weight excluding hydrogens is 794 g/mol. The minimum absolute atomic E-state index is 0.0355. The third-order valence-electron chi connectivity index (χ3n) is 8.92. The Kier molecular flexibility index (Phi) is 32.1. The molecule has 346 valence electrons. The first-order chi connectivity index (χ1) is 30.2. The molecule has 0 unspecified atom stereocenters. The van der Waals surface area contributed by atoms with Crippen molar-refractivity contribution in [3.05, 3.63) is 72.3 Å². The molecule has 0 atom stereocenters. The SMILES string of the molecule is C=CCOCCOCCOCCOCCOCCOCCOCCOCCOCCOCCOCCOCCOCCN(C)C(=O)OCC1c2ccccc2-c2ccccc21. The van der Waals surface area contributed by atoms with E-state index in [0.717, 1.165) is 0 Å². The van der Waals surface area contributed by atoms with Gasteiger partial charge in [-0.3, -0.25) is 0 Å². The van der Waals surface area contributed by atoms with Crippen LogP contribution in [0.5, 0.6) is 0 Å². The first-order valence-corrected chi connectivity index (χ1v) is 21.4. The summed E-state index contributed by atoms with van der Waals surface area (Å²) < 4.78 is 76.9. The van der Waals surface area contributed by atoms with Crippen LogP contribution in [-0.2, 0) is 66.3 Å². The highest BCUT2D eigenvalue weighted by molar-refractivity contribution is 5.79. The highest BCUT2D eigenvalue weighted by Crippen LogP contribution is 2.44. The molecule has 1 amide bonds. The molecule has 1 aliphatic rings. The summed E-state index contributed by atoms with van der Waals surface area (Å²) in [4.78, 5) is 14.2. The average Bonchev–Trinajstić information content (AvgIpc) is 3.60. The van der Waals surface area contributed by atoms with Crippen molar-refractivity contribution >= 4 is 6.09 Å². The van der Waals surface area contributed by atoms with Gasteiger partial charge in [-0.25, -0.2) is 4.79 Å². The molecule has 16 heteroatoms. The Bertz CT molecular complexity index is 1310. The zero-order valence-electron chi connectivity index (χ0n) is 36.4. The van der Waals surface area contributed by atoms with E-state index in [1.54, 1.807) is 13.1 Å². The fourth-order valence-corrected chi connectivity index (χ4v) is 5.80. The van der Waals surface area contributed by atoms with Gasteiger partial charge in [-0.2, -0.15) is 0 Å². The topological polar surface area (TPSA) is 150 Å². The molecular formula is C45H71NO15. The zero-order chi connectivity index (χ0) is 43.1. The van der Waals surface area contributed by atoms with E-state index in [4.69, 9.17) is 66.3 Å². The van der Waals surface area contributed by atoms with Gasteiger partial charge in [0.15, 0.2) is 0 Å². The van der Waals surface area contributed by atoms with E-state index in [-0.39, 0.29) is 12.0 Å². The van der Waals surface area contributed by atoms with Gasteiger partial charge in [0.1, 0.15) is 6.61 Å². The fourth-order valence-electron chi connectivity index (χ4n) is 5.80. The van der Waals surface area contributed by atoms with Crippen molar-refractivity contribution < 1.29 is 71.1 Å². The maximum Gasteiger partial charge on any atom is 0.409 e. The van der Waals surface area contributed by atoms with Crippen molar-refractivity contribution in [2.24, 2.45) is 0 Å². The molecule has 0 aliphatic heterocycles. The second-order valence-electron chi connectivity index (χ2n) is 13.4. The highest BCUT2D eigenvalue weighted by Gasteiger charge is 2.29. The predicted octanol–water partition coefficient (Wildman–Crippen LogP) is 4.27. The van der Waals surface area contributed by atoms with Crippen LogP contribution >= 0.6 is 0 Å². The molecule has 0 spiro atoms. The van der Waals surface area contributed by atoms with E-state index in [1.165, 1.54) is 27.2 Å². The summed E-state index contributed by atoms with van der Waals surface area (Å²) >= 11 is 0. The van der Waals surface area contributed by atoms with Crippen LogP contribution in [-0.4, -0.2) is 203 Å². The predicted molar refractivity (Wildman–Crippen MR) is 229 cm³/mol.